The highest BCUT2D eigenvalue weighted by molar-refractivity contribution is 7.86. The van der Waals surface area contributed by atoms with E-state index in [0.29, 0.717) is 0 Å². The van der Waals surface area contributed by atoms with Gasteiger partial charge in [-0.15, -0.1) is 0 Å². The molecule has 0 heterocycles. The molecular formula is C21H20O12S2. The maximum atomic E-state index is 12.6. The summed E-state index contributed by atoms with van der Waals surface area (Å²) in [6.07, 6.45) is -1.48. The van der Waals surface area contributed by atoms with Crippen molar-refractivity contribution in [2.75, 3.05) is 13.2 Å². The standard InChI is InChI=1S/C21H20O12S2/c1-13(2)19(22)31-11-14(33-21(24)16-8-4-6-10-18(16)35(28,29)30)12-32-20(23)15-7-3-5-9-17(15)34(25,26)27/h3-10,14H,1,11-12H2,2H3,(H,25,26,27)(H,28,29,30). The Balaban J connectivity index is 2.26. The Labute approximate surface area is 200 Å². The van der Waals surface area contributed by atoms with E-state index in [4.69, 9.17) is 14.2 Å². The van der Waals surface area contributed by atoms with Crippen LogP contribution >= 0.6 is 0 Å². The van der Waals surface area contributed by atoms with Crippen LogP contribution in [0.15, 0.2) is 70.5 Å². The maximum absolute atomic E-state index is 12.6. The fraction of sp³-hybridized carbons (Fsp3) is 0.190. The molecular weight excluding hydrogens is 508 g/mol. The highest BCUT2D eigenvalue weighted by Crippen LogP contribution is 2.19. The number of carbonyl (C=O) groups excluding carboxylic acids is 3. The Morgan fingerprint density at radius 3 is 1.69 bits per heavy atom. The molecule has 0 radical (unpaired) electrons. The van der Waals surface area contributed by atoms with E-state index in [-0.39, 0.29) is 5.57 Å². The molecule has 0 aromatic heterocycles. The molecule has 0 spiro atoms. The number of esters is 3. The van der Waals surface area contributed by atoms with Crippen LogP contribution in [0.2, 0.25) is 0 Å². The summed E-state index contributed by atoms with van der Waals surface area (Å²) >= 11 is 0. The number of ether oxygens (including phenoxy) is 3. The summed E-state index contributed by atoms with van der Waals surface area (Å²) in [5.74, 6) is -3.35. The van der Waals surface area contributed by atoms with Crippen LogP contribution in [0.3, 0.4) is 0 Å². The molecule has 2 aromatic rings. The van der Waals surface area contributed by atoms with Crippen LogP contribution in [0, 0.1) is 0 Å². The van der Waals surface area contributed by atoms with Gasteiger partial charge in [0.1, 0.15) is 23.0 Å². The number of hydrogen-bond acceptors (Lipinski definition) is 10. The van der Waals surface area contributed by atoms with Gasteiger partial charge in [-0.3, -0.25) is 9.11 Å². The third-order valence-corrected chi connectivity index (χ3v) is 6.02. The first-order valence-corrected chi connectivity index (χ1v) is 12.4. The maximum Gasteiger partial charge on any atom is 0.340 e. The minimum atomic E-state index is -4.80. The first kappa shape index (κ1) is 27.7. The van der Waals surface area contributed by atoms with E-state index in [2.05, 4.69) is 6.58 Å². The zero-order chi connectivity index (χ0) is 26.4. The van der Waals surface area contributed by atoms with Crippen LogP contribution in [-0.2, 0) is 39.2 Å². The van der Waals surface area contributed by atoms with Crippen molar-refractivity contribution in [1.29, 1.82) is 0 Å². The summed E-state index contributed by atoms with van der Waals surface area (Å²) in [7, 11) is -9.56. The van der Waals surface area contributed by atoms with Crippen molar-refractivity contribution in [1.82, 2.24) is 0 Å². The van der Waals surface area contributed by atoms with Crippen LogP contribution in [0.1, 0.15) is 27.6 Å². The van der Waals surface area contributed by atoms with Gasteiger partial charge in [-0.2, -0.15) is 16.8 Å². The molecule has 2 N–H and O–H groups in total. The van der Waals surface area contributed by atoms with Gasteiger partial charge in [0.15, 0.2) is 6.10 Å². The molecule has 0 saturated carbocycles. The normalized spacial score (nSPS) is 12.3. The molecule has 188 valence electrons. The summed E-state index contributed by atoms with van der Waals surface area (Å²) < 4.78 is 79.7. The molecule has 0 saturated heterocycles. The van der Waals surface area contributed by atoms with Gasteiger partial charge in [-0.25, -0.2) is 14.4 Å². The second kappa shape index (κ2) is 11.2. The lowest BCUT2D eigenvalue weighted by Crippen LogP contribution is -2.31. The minimum absolute atomic E-state index is 0.00544. The van der Waals surface area contributed by atoms with E-state index < -0.39 is 78.4 Å². The molecule has 2 aromatic carbocycles. The van der Waals surface area contributed by atoms with E-state index >= 15 is 0 Å². The summed E-state index contributed by atoms with van der Waals surface area (Å²) in [5, 5.41) is 0. The highest BCUT2D eigenvalue weighted by atomic mass is 32.2. The van der Waals surface area contributed by atoms with E-state index in [1.54, 1.807) is 0 Å². The van der Waals surface area contributed by atoms with Gasteiger partial charge < -0.3 is 14.2 Å². The molecule has 2 rings (SSSR count). The molecule has 0 aliphatic heterocycles. The average Bonchev–Trinajstić information content (AvgIpc) is 2.79. The largest absolute Gasteiger partial charge is 0.458 e. The van der Waals surface area contributed by atoms with E-state index in [9.17, 15) is 40.3 Å². The van der Waals surface area contributed by atoms with Crippen molar-refractivity contribution in [3.05, 3.63) is 71.8 Å². The Bertz CT molecular complexity index is 1360. The van der Waals surface area contributed by atoms with Crippen LogP contribution in [0.5, 0.6) is 0 Å². The summed E-state index contributed by atoms with van der Waals surface area (Å²) in [6.45, 7) is 3.31. The van der Waals surface area contributed by atoms with Crippen molar-refractivity contribution >= 4 is 38.1 Å². The van der Waals surface area contributed by atoms with Crippen molar-refractivity contribution < 1.29 is 54.5 Å². The smallest absolute Gasteiger partial charge is 0.340 e. The zero-order valence-electron chi connectivity index (χ0n) is 18.1. The van der Waals surface area contributed by atoms with Crippen molar-refractivity contribution in [2.24, 2.45) is 0 Å². The van der Waals surface area contributed by atoms with Gasteiger partial charge in [-0.1, -0.05) is 30.8 Å². The molecule has 0 aliphatic carbocycles. The van der Waals surface area contributed by atoms with Crippen molar-refractivity contribution in [2.45, 2.75) is 22.8 Å². The Morgan fingerprint density at radius 2 is 1.23 bits per heavy atom. The average molecular weight is 529 g/mol. The molecule has 1 atom stereocenters. The van der Waals surface area contributed by atoms with Crippen molar-refractivity contribution in [3.8, 4) is 0 Å². The van der Waals surface area contributed by atoms with Crippen LogP contribution in [-0.4, -0.2) is 63.2 Å². The summed E-state index contributed by atoms with van der Waals surface area (Å²) in [5.41, 5.74) is -1.06. The predicted molar refractivity (Wildman–Crippen MR) is 118 cm³/mol. The first-order valence-electron chi connectivity index (χ1n) is 9.55. The van der Waals surface area contributed by atoms with E-state index in [1.807, 2.05) is 0 Å². The SMILES string of the molecule is C=C(C)C(=O)OCC(COC(=O)c1ccccc1S(=O)(=O)O)OC(=O)c1ccccc1S(=O)(=O)O. The summed E-state index contributed by atoms with van der Waals surface area (Å²) in [6, 6.07) is 9.15. The Kier molecular flexibility index (Phi) is 8.87. The lowest BCUT2D eigenvalue weighted by atomic mass is 10.2. The van der Waals surface area contributed by atoms with E-state index in [0.717, 1.165) is 24.3 Å². The lowest BCUT2D eigenvalue weighted by molar-refractivity contribution is -0.142. The van der Waals surface area contributed by atoms with Gasteiger partial charge in [0, 0.05) is 5.57 Å². The number of benzene rings is 2. The monoisotopic (exact) mass is 528 g/mol. The minimum Gasteiger partial charge on any atom is -0.458 e. The van der Waals surface area contributed by atoms with Crippen molar-refractivity contribution in [3.63, 3.8) is 0 Å². The molecule has 1 unspecified atom stereocenters. The second-order valence-corrected chi connectivity index (χ2v) is 9.73. The predicted octanol–water partition coefficient (Wildman–Crippen LogP) is 1.68. The zero-order valence-corrected chi connectivity index (χ0v) is 19.7. The third-order valence-electron chi connectivity index (χ3n) is 4.19. The first-order chi connectivity index (χ1) is 16.2. The second-order valence-electron chi connectivity index (χ2n) is 6.95. The Morgan fingerprint density at radius 1 is 0.800 bits per heavy atom. The van der Waals surface area contributed by atoms with Crippen LogP contribution < -0.4 is 0 Å². The number of rotatable bonds is 10. The molecule has 14 heteroatoms. The summed E-state index contributed by atoms with van der Waals surface area (Å²) in [4.78, 5) is 35.3. The number of carbonyl (C=O) groups is 3. The molecule has 35 heavy (non-hydrogen) atoms. The third kappa shape index (κ3) is 7.71. The van der Waals surface area contributed by atoms with Gasteiger partial charge >= 0.3 is 17.9 Å². The lowest BCUT2D eigenvalue weighted by Gasteiger charge is -2.19. The fourth-order valence-electron chi connectivity index (χ4n) is 2.59. The van der Waals surface area contributed by atoms with Gasteiger partial charge in [-0.05, 0) is 31.2 Å². The highest BCUT2D eigenvalue weighted by Gasteiger charge is 2.27. The Hall–Kier alpha value is -3.59. The fourth-order valence-corrected chi connectivity index (χ4v) is 3.95. The van der Waals surface area contributed by atoms with E-state index in [1.165, 1.54) is 31.2 Å². The topological polar surface area (TPSA) is 188 Å². The molecule has 12 nitrogen and oxygen atoms in total. The van der Waals surface area contributed by atoms with Gasteiger partial charge in [0.25, 0.3) is 20.2 Å². The molecule has 0 fully saturated rings. The van der Waals surface area contributed by atoms with Crippen LogP contribution in [0.4, 0.5) is 0 Å². The van der Waals surface area contributed by atoms with Crippen LogP contribution in [0.25, 0.3) is 0 Å². The molecule has 0 bridgehead atoms. The molecule has 0 aliphatic rings. The number of hydrogen-bond donors (Lipinski definition) is 2. The molecule has 0 amide bonds. The van der Waals surface area contributed by atoms with Gasteiger partial charge in [0.05, 0.1) is 11.1 Å². The quantitative estimate of drug-likeness (QED) is 0.197. The van der Waals surface area contributed by atoms with Gasteiger partial charge in [0.2, 0.25) is 0 Å².